The summed E-state index contributed by atoms with van der Waals surface area (Å²) in [6.45, 7) is 6.73. The number of carbonyl (C=O) groups is 4. The highest BCUT2D eigenvalue weighted by Gasteiger charge is 2.54. The zero-order chi connectivity index (χ0) is 32.0. The van der Waals surface area contributed by atoms with Crippen molar-refractivity contribution in [3.63, 3.8) is 0 Å². The topological polar surface area (TPSA) is 175 Å². The van der Waals surface area contributed by atoms with Gasteiger partial charge >= 0.3 is 12.1 Å². The number of oxime groups is 1. The van der Waals surface area contributed by atoms with Crippen LogP contribution in [0.2, 0.25) is 0 Å². The molecular weight excluding hydrogens is 633 g/mol. The van der Waals surface area contributed by atoms with Crippen LogP contribution in [0.25, 0.3) is 0 Å². The Morgan fingerprint density at radius 2 is 1.93 bits per heavy atom. The smallest absolute Gasteiger partial charge is 0.431 e. The maximum Gasteiger partial charge on any atom is 0.511 e. The van der Waals surface area contributed by atoms with Crippen molar-refractivity contribution in [3.05, 3.63) is 33.8 Å². The third-order valence-corrected chi connectivity index (χ3v) is 9.84. The second-order valence-corrected chi connectivity index (χ2v) is 13.6. The Labute approximate surface area is 267 Å². The van der Waals surface area contributed by atoms with Crippen molar-refractivity contribution in [2.75, 3.05) is 38.7 Å². The van der Waals surface area contributed by atoms with Gasteiger partial charge in [0.05, 0.1) is 6.10 Å². The Bertz CT molecular complexity index is 1340. The summed E-state index contributed by atoms with van der Waals surface area (Å²) in [5, 5.41) is 10.0. The van der Waals surface area contributed by atoms with E-state index in [-0.39, 0.29) is 22.2 Å². The molecule has 0 aromatic carbocycles. The molecule has 240 valence electrons. The van der Waals surface area contributed by atoms with Crippen molar-refractivity contribution in [3.8, 4) is 0 Å². The molecule has 4 rings (SSSR count). The van der Waals surface area contributed by atoms with Crippen molar-refractivity contribution in [1.82, 2.24) is 20.1 Å². The van der Waals surface area contributed by atoms with Crippen molar-refractivity contribution < 1.29 is 38.2 Å². The summed E-state index contributed by atoms with van der Waals surface area (Å²) < 4.78 is 15.4. The molecule has 0 bridgehead atoms. The summed E-state index contributed by atoms with van der Waals surface area (Å²) in [6.07, 6.45) is 1.22. The number of nitrogens with one attached hydrogen (secondary N) is 1. The minimum atomic E-state index is -1.28. The number of esters is 1. The molecule has 4 heterocycles. The fourth-order valence-electron chi connectivity index (χ4n) is 4.60. The molecule has 1 unspecified atom stereocenters. The number of hydrogen-bond donors (Lipinski definition) is 2. The number of nitrogens with two attached hydrogens (primary N) is 1. The van der Waals surface area contributed by atoms with Gasteiger partial charge in [0.2, 0.25) is 6.29 Å². The maximum absolute atomic E-state index is 13.5. The number of thiazole rings is 1. The summed E-state index contributed by atoms with van der Waals surface area (Å²) in [6, 6.07) is -0.956. The first kappa shape index (κ1) is 33.6. The highest BCUT2D eigenvalue weighted by Crippen LogP contribution is 2.41. The molecule has 2 fully saturated rings. The van der Waals surface area contributed by atoms with Gasteiger partial charge < -0.3 is 35.0 Å². The summed E-state index contributed by atoms with van der Waals surface area (Å²) in [5.74, 6) is -1.68. The molecule has 0 spiro atoms. The van der Waals surface area contributed by atoms with E-state index in [9.17, 15) is 19.2 Å². The van der Waals surface area contributed by atoms with E-state index < -0.39 is 47.7 Å². The minimum Gasteiger partial charge on any atom is -0.431 e. The molecule has 17 heteroatoms. The number of nitrogens with zero attached hydrogens (tertiary/aromatic N) is 4. The average molecular weight is 669 g/mol. The molecule has 3 atom stereocenters. The number of thioether (sulfide) groups is 2. The van der Waals surface area contributed by atoms with Crippen LogP contribution in [0.1, 0.15) is 39.3 Å². The molecule has 0 saturated carbocycles. The van der Waals surface area contributed by atoms with Crippen LogP contribution in [0.15, 0.2) is 33.3 Å². The molecule has 3 aliphatic rings. The molecule has 14 nitrogen and oxygen atoms in total. The van der Waals surface area contributed by atoms with Crippen LogP contribution in [0, 0.1) is 0 Å². The molecule has 3 aliphatic heterocycles. The molecule has 2 saturated heterocycles. The van der Waals surface area contributed by atoms with E-state index in [1.165, 1.54) is 30.7 Å². The van der Waals surface area contributed by atoms with E-state index in [1.54, 1.807) is 31.0 Å². The number of ether oxygens (including phenoxy) is 3. The van der Waals surface area contributed by atoms with E-state index in [4.69, 9.17) is 24.8 Å². The number of amides is 2. The number of anilines is 1. The average Bonchev–Trinajstić information content (AvgIpc) is 3.40. The zero-order valence-electron chi connectivity index (χ0n) is 25.0. The maximum atomic E-state index is 13.5. The molecule has 1 aromatic rings. The summed E-state index contributed by atoms with van der Waals surface area (Å²) in [4.78, 5) is 64.5. The monoisotopic (exact) mass is 668 g/mol. The van der Waals surface area contributed by atoms with Gasteiger partial charge in [-0.25, -0.2) is 14.6 Å². The molecular formula is C27H36N6O8S3. The van der Waals surface area contributed by atoms with Gasteiger partial charge in [-0.3, -0.25) is 14.5 Å². The quantitative estimate of drug-likeness (QED) is 0.116. The summed E-state index contributed by atoms with van der Waals surface area (Å²) in [5.41, 5.74) is 6.37. The van der Waals surface area contributed by atoms with E-state index in [1.807, 2.05) is 11.5 Å². The van der Waals surface area contributed by atoms with Gasteiger partial charge in [0.15, 0.2) is 10.8 Å². The van der Waals surface area contributed by atoms with E-state index in [2.05, 4.69) is 27.4 Å². The lowest BCUT2D eigenvalue weighted by molar-refractivity contribution is -0.169. The first-order valence-electron chi connectivity index (χ1n) is 13.9. The van der Waals surface area contributed by atoms with Crippen LogP contribution in [0.4, 0.5) is 9.93 Å². The van der Waals surface area contributed by atoms with Crippen LogP contribution in [-0.4, -0.2) is 106 Å². The number of β-lactam (4-membered cyclic amide) rings is 1. The lowest BCUT2D eigenvalue weighted by atomic mass is 10.0. The zero-order valence-corrected chi connectivity index (χ0v) is 27.5. The Morgan fingerprint density at radius 1 is 1.20 bits per heavy atom. The summed E-state index contributed by atoms with van der Waals surface area (Å²) >= 11 is 4.20. The third-order valence-electron chi connectivity index (χ3n) is 6.71. The van der Waals surface area contributed by atoms with Crippen molar-refractivity contribution in [2.24, 2.45) is 5.16 Å². The van der Waals surface area contributed by atoms with Crippen molar-refractivity contribution in [1.29, 1.82) is 0 Å². The molecule has 1 aromatic heterocycles. The number of allylic oxidation sites excluding steroid dienone is 1. The fourth-order valence-corrected chi connectivity index (χ4v) is 7.42. The molecule has 0 radical (unpaired) electrons. The Kier molecular flexibility index (Phi) is 11.6. The minimum absolute atomic E-state index is 0.0233. The van der Waals surface area contributed by atoms with Gasteiger partial charge in [-0.15, -0.1) is 34.9 Å². The highest BCUT2D eigenvalue weighted by atomic mass is 32.2. The van der Waals surface area contributed by atoms with Gasteiger partial charge in [-0.2, -0.15) is 0 Å². The van der Waals surface area contributed by atoms with E-state index >= 15 is 0 Å². The van der Waals surface area contributed by atoms with Crippen LogP contribution in [-0.2, 0) is 33.4 Å². The first-order chi connectivity index (χ1) is 21.0. The summed E-state index contributed by atoms with van der Waals surface area (Å²) in [7, 11) is 3.38. The molecule has 44 heavy (non-hydrogen) atoms. The molecule has 0 aliphatic carbocycles. The standard InChI is InChI=1S/C27H36N6O8S3/c1-14(2)39-27(37)41-15(3)40-25(36)21-16(8-11-42-17-6-9-32(4)10-7-17)12-43-24-20(23(35)33(21)24)30-22(34)19(31-38-5)18-13-44-26(28)29-18/h8,11,13-15,17,20,24H,6-7,9-10,12H2,1-5H3,(H2,28,29)(H,30,34)/b11-8+,31-19?/t15?,20-,24-/m1/s1. The van der Waals surface area contributed by atoms with E-state index in [0.29, 0.717) is 16.6 Å². The van der Waals surface area contributed by atoms with Crippen LogP contribution < -0.4 is 11.1 Å². The van der Waals surface area contributed by atoms with Gasteiger partial charge in [0.25, 0.3) is 11.8 Å². The number of piperidine rings is 1. The Balaban J connectivity index is 1.51. The van der Waals surface area contributed by atoms with Gasteiger partial charge in [0.1, 0.15) is 29.9 Å². The van der Waals surface area contributed by atoms with Crippen molar-refractivity contribution in [2.45, 2.75) is 62.7 Å². The fraction of sp³-hybridized carbons (Fsp3) is 0.556. The Morgan fingerprint density at radius 3 is 2.57 bits per heavy atom. The number of nitrogen functional groups attached to an aromatic ring is 1. The van der Waals surface area contributed by atoms with Gasteiger partial charge in [0, 0.05) is 23.3 Å². The van der Waals surface area contributed by atoms with Gasteiger partial charge in [-0.05, 0) is 63.9 Å². The number of aromatic nitrogens is 1. The van der Waals surface area contributed by atoms with Crippen LogP contribution >= 0.6 is 34.9 Å². The van der Waals surface area contributed by atoms with Crippen LogP contribution in [0.3, 0.4) is 0 Å². The highest BCUT2D eigenvalue weighted by molar-refractivity contribution is 8.02. The lowest BCUT2D eigenvalue weighted by Crippen LogP contribution is -2.71. The molecule has 3 N–H and O–H groups in total. The van der Waals surface area contributed by atoms with Gasteiger partial charge in [-0.1, -0.05) is 5.16 Å². The largest absolute Gasteiger partial charge is 0.511 e. The number of hydrogen-bond acceptors (Lipinski definition) is 15. The van der Waals surface area contributed by atoms with E-state index in [0.717, 1.165) is 37.3 Å². The number of carbonyl (C=O) groups excluding carboxylic acids is 4. The third kappa shape index (κ3) is 8.25. The second-order valence-electron chi connectivity index (χ2n) is 10.4. The predicted octanol–water partition coefficient (Wildman–Crippen LogP) is 2.52. The SMILES string of the molecule is CON=C(C(=O)N[C@@H]1C(=O)N2C(C(=O)OC(C)OC(=O)OC(C)C)=C(/C=C/SC3CCN(C)CC3)CS[C@H]12)c1csc(N)n1. The predicted molar refractivity (Wildman–Crippen MR) is 168 cm³/mol. The number of fused-ring (bicyclic) bond motifs is 1. The number of likely N-dealkylation sites (tertiary alicyclic amines) is 1. The molecule has 2 amide bonds. The van der Waals surface area contributed by atoms with Crippen LogP contribution in [0.5, 0.6) is 0 Å². The first-order valence-corrected chi connectivity index (χ1v) is 16.8. The second kappa shape index (κ2) is 15.1. The van der Waals surface area contributed by atoms with Crippen molar-refractivity contribution >= 4 is 69.6 Å². The Hall–Kier alpha value is -3.28. The lowest BCUT2D eigenvalue weighted by Gasteiger charge is -2.49. The number of rotatable bonds is 11. The normalized spacial score (nSPS) is 22.0.